The third kappa shape index (κ3) is 12.8. The number of rotatable bonds is 21. The van der Waals surface area contributed by atoms with E-state index in [-0.39, 0.29) is 48.4 Å². The number of amides is 4. The number of likely N-dealkylation sites (tertiary alicyclic amines) is 1. The number of likely N-dealkylation sites (N-methyl/N-ethyl adjacent to an activating group) is 1. The predicted octanol–water partition coefficient (Wildman–Crippen LogP) is 3.62. The van der Waals surface area contributed by atoms with E-state index in [1.54, 1.807) is 44.5 Å². The van der Waals surface area contributed by atoms with E-state index in [1.165, 1.54) is 14.2 Å². The second-order valence-electron chi connectivity index (χ2n) is 15.9. The molecule has 1 aliphatic heterocycles. The van der Waals surface area contributed by atoms with E-state index in [1.807, 2.05) is 58.0 Å². The van der Waals surface area contributed by atoms with Crippen LogP contribution in [0, 0.1) is 23.7 Å². The summed E-state index contributed by atoms with van der Waals surface area (Å²) in [5.41, 5.74) is 5.84. The molecule has 1 aromatic rings. The summed E-state index contributed by atoms with van der Waals surface area (Å²) in [6.07, 6.45) is 1.55. The highest BCUT2D eigenvalue weighted by molar-refractivity contribution is 5.91. The molecular weight excluding hydrogens is 678 g/mol. The van der Waals surface area contributed by atoms with Gasteiger partial charge in [-0.05, 0) is 56.9 Å². The third-order valence-corrected chi connectivity index (χ3v) is 10.8. The Labute approximate surface area is 317 Å². The fourth-order valence-corrected chi connectivity index (χ4v) is 7.32. The second kappa shape index (κ2) is 20.8. The van der Waals surface area contributed by atoms with Crippen LogP contribution in [0.5, 0.6) is 0 Å². The number of methoxy groups -OCH3 is 2. The van der Waals surface area contributed by atoms with Crippen molar-refractivity contribution in [1.29, 1.82) is 0 Å². The molecule has 53 heavy (non-hydrogen) atoms. The van der Waals surface area contributed by atoms with Gasteiger partial charge in [0.15, 0.2) is 0 Å². The Morgan fingerprint density at radius 3 is 2.15 bits per heavy atom. The van der Waals surface area contributed by atoms with Gasteiger partial charge in [-0.25, -0.2) is 0 Å². The minimum Gasteiger partial charge on any atom is -0.481 e. The Morgan fingerprint density at radius 2 is 1.64 bits per heavy atom. The maximum absolute atomic E-state index is 14.2. The standard InChI is InChI=1S/C40H67N5O8/c1-12-25(4)34(44(9)37(48)33(24(2)3)43-39(51)40(7,8)41)31(52-10)23-32(46)45-20-16-19-30(45)35(53-11)27(6)36(47)42-29(21-26(5)38(49)50)22-28-17-14-13-15-18-28/h13-15,17-18,24-27,29-31,33-35H,12,16,19-23,41H2,1-11H3,(H,42,47)(H,43,51)(H,49,50). The predicted molar refractivity (Wildman–Crippen MR) is 205 cm³/mol. The number of carbonyl (C=O) groups is 5. The molecule has 4 amide bonds. The average molecular weight is 746 g/mol. The number of nitrogens with zero attached hydrogens (tertiary/aromatic N) is 2. The summed E-state index contributed by atoms with van der Waals surface area (Å²) in [5.74, 6) is -3.67. The molecule has 1 heterocycles. The molecule has 1 saturated heterocycles. The van der Waals surface area contributed by atoms with Gasteiger partial charge in [-0.1, -0.05) is 78.3 Å². The van der Waals surface area contributed by atoms with E-state index in [9.17, 15) is 29.1 Å². The van der Waals surface area contributed by atoms with Crippen molar-refractivity contribution in [3.8, 4) is 0 Å². The van der Waals surface area contributed by atoms with Crippen LogP contribution in [-0.4, -0.2) is 114 Å². The lowest BCUT2D eigenvalue weighted by atomic mass is 9.89. The number of aliphatic carboxylic acids is 1. The lowest BCUT2D eigenvalue weighted by Gasteiger charge is -2.41. The van der Waals surface area contributed by atoms with Crippen molar-refractivity contribution in [3.05, 3.63) is 35.9 Å². The molecule has 9 unspecified atom stereocenters. The molecule has 1 fully saturated rings. The number of carbonyl (C=O) groups excluding carboxylic acids is 4. The van der Waals surface area contributed by atoms with Crippen molar-refractivity contribution in [2.75, 3.05) is 27.8 Å². The molecule has 9 atom stereocenters. The highest BCUT2D eigenvalue weighted by atomic mass is 16.5. The van der Waals surface area contributed by atoms with Crippen molar-refractivity contribution in [1.82, 2.24) is 20.4 Å². The van der Waals surface area contributed by atoms with Crippen molar-refractivity contribution < 1.29 is 38.6 Å². The summed E-state index contributed by atoms with van der Waals surface area (Å²) in [4.78, 5) is 69.8. The van der Waals surface area contributed by atoms with Crippen molar-refractivity contribution in [3.63, 3.8) is 0 Å². The maximum Gasteiger partial charge on any atom is 0.306 e. The van der Waals surface area contributed by atoms with E-state index in [2.05, 4.69) is 10.6 Å². The number of hydrogen-bond acceptors (Lipinski definition) is 8. The molecule has 0 spiro atoms. The summed E-state index contributed by atoms with van der Waals surface area (Å²) in [5, 5.41) is 15.5. The number of benzene rings is 1. The van der Waals surface area contributed by atoms with Gasteiger partial charge < -0.3 is 40.7 Å². The van der Waals surface area contributed by atoms with Gasteiger partial charge in [-0.2, -0.15) is 0 Å². The van der Waals surface area contributed by atoms with Crippen LogP contribution in [0.3, 0.4) is 0 Å². The van der Waals surface area contributed by atoms with Gasteiger partial charge in [0, 0.05) is 33.9 Å². The first-order valence-electron chi connectivity index (χ1n) is 19.1. The van der Waals surface area contributed by atoms with Gasteiger partial charge >= 0.3 is 5.97 Å². The zero-order valence-electron chi connectivity index (χ0n) is 33.9. The fraction of sp³-hybridized carbons (Fsp3) is 0.725. The van der Waals surface area contributed by atoms with Crippen molar-refractivity contribution >= 4 is 29.6 Å². The van der Waals surface area contributed by atoms with Gasteiger partial charge in [0.25, 0.3) is 0 Å². The molecule has 300 valence electrons. The van der Waals surface area contributed by atoms with Crippen LogP contribution in [0.2, 0.25) is 0 Å². The molecule has 13 heteroatoms. The van der Waals surface area contributed by atoms with Crippen LogP contribution in [0.25, 0.3) is 0 Å². The van der Waals surface area contributed by atoms with E-state index >= 15 is 0 Å². The summed E-state index contributed by atoms with van der Waals surface area (Å²) in [7, 11) is 4.76. The third-order valence-electron chi connectivity index (χ3n) is 10.8. The molecule has 13 nitrogen and oxygen atoms in total. The van der Waals surface area contributed by atoms with Gasteiger partial charge in [0.1, 0.15) is 6.04 Å². The van der Waals surface area contributed by atoms with Crippen LogP contribution < -0.4 is 16.4 Å². The van der Waals surface area contributed by atoms with Gasteiger partial charge in [-0.15, -0.1) is 0 Å². The van der Waals surface area contributed by atoms with Crippen molar-refractivity contribution in [2.45, 2.75) is 136 Å². The molecule has 1 aromatic carbocycles. The van der Waals surface area contributed by atoms with Crippen LogP contribution in [0.1, 0.15) is 93.1 Å². The minimum atomic E-state index is -1.17. The number of carboxylic acids is 1. The van der Waals surface area contributed by atoms with E-state index < -0.39 is 59.6 Å². The quantitative estimate of drug-likeness (QED) is 0.146. The molecule has 0 bridgehead atoms. The summed E-state index contributed by atoms with van der Waals surface area (Å²) in [6.45, 7) is 14.8. The Morgan fingerprint density at radius 1 is 1.02 bits per heavy atom. The fourth-order valence-electron chi connectivity index (χ4n) is 7.32. The zero-order valence-corrected chi connectivity index (χ0v) is 33.9. The Balaban J connectivity index is 2.28. The molecule has 2 rings (SSSR count). The van der Waals surface area contributed by atoms with Gasteiger partial charge in [0.2, 0.25) is 23.6 Å². The number of ether oxygens (including phenoxy) is 2. The van der Waals surface area contributed by atoms with Crippen LogP contribution >= 0.6 is 0 Å². The molecule has 5 N–H and O–H groups in total. The summed E-state index contributed by atoms with van der Waals surface area (Å²) < 4.78 is 11.9. The van der Waals surface area contributed by atoms with E-state index in [0.29, 0.717) is 25.8 Å². The van der Waals surface area contributed by atoms with Crippen LogP contribution in [-0.2, 0) is 39.9 Å². The minimum absolute atomic E-state index is 0.00258. The molecule has 0 radical (unpaired) electrons. The summed E-state index contributed by atoms with van der Waals surface area (Å²) in [6, 6.07) is 7.52. The largest absolute Gasteiger partial charge is 0.481 e. The molecular formula is C40H67N5O8. The van der Waals surface area contributed by atoms with E-state index in [4.69, 9.17) is 15.2 Å². The average Bonchev–Trinajstić information content (AvgIpc) is 3.59. The number of carboxylic acid groups (broad SMARTS) is 1. The number of nitrogens with two attached hydrogens (primary N) is 1. The zero-order chi connectivity index (χ0) is 40.2. The lowest BCUT2D eigenvalue weighted by Crippen LogP contribution is -2.60. The maximum atomic E-state index is 14.2. The lowest BCUT2D eigenvalue weighted by molar-refractivity contribution is -0.148. The van der Waals surface area contributed by atoms with Crippen molar-refractivity contribution in [2.24, 2.45) is 29.4 Å². The van der Waals surface area contributed by atoms with E-state index in [0.717, 1.165) is 12.0 Å². The highest BCUT2D eigenvalue weighted by Gasteiger charge is 2.43. The normalized spacial score (nSPS) is 19.3. The Bertz CT molecular complexity index is 1350. The van der Waals surface area contributed by atoms with Crippen LogP contribution in [0.15, 0.2) is 30.3 Å². The molecule has 0 aliphatic carbocycles. The molecule has 0 saturated carbocycles. The highest BCUT2D eigenvalue weighted by Crippen LogP contribution is 2.30. The van der Waals surface area contributed by atoms with Gasteiger partial charge in [-0.3, -0.25) is 24.0 Å². The summed E-state index contributed by atoms with van der Waals surface area (Å²) >= 11 is 0. The first-order valence-corrected chi connectivity index (χ1v) is 19.1. The monoisotopic (exact) mass is 745 g/mol. The molecule has 0 aromatic heterocycles. The number of hydrogen-bond donors (Lipinski definition) is 4. The Hall–Kier alpha value is -3.55. The smallest absolute Gasteiger partial charge is 0.306 e. The first kappa shape index (κ1) is 45.6. The SMILES string of the molecule is CCC(C)C(C(CC(=O)N1CCCC1C(OC)C(C)C(=O)NC(Cc1ccccc1)CC(C)C(=O)O)OC)N(C)C(=O)C(NC(=O)C(C)(C)N)C(C)C. The molecule has 1 aliphatic rings. The Kier molecular flexibility index (Phi) is 17.9. The van der Waals surface area contributed by atoms with Gasteiger partial charge in [0.05, 0.1) is 48.1 Å². The number of nitrogens with one attached hydrogen (secondary N) is 2. The topological polar surface area (TPSA) is 181 Å². The second-order valence-corrected chi connectivity index (χ2v) is 15.9. The van der Waals surface area contributed by atoms with Crippen LogP contribution in [0.4, 0.5) is 0 Å². The first-order chi connectivity index (χ1) is 24.8.